The quantitative estimate of drug-likeness (QED) is 0.514. The summed E-state index contributed by atoms with van der Waals surface area (Å²) in [5.41, 5.74) is 1.41. The summed E-state index contributed by atoms with van der Waals surface area (Å²) in [6.07, 6.45) is 0. The first-order chi connectivity index (χ1) is 11.0. The minimum absolute atomic E-state index is 0.225. The van der Waals surface area contributed by atoms with Gasteiger partial charge in [0.05, 0.1) is 10.7 Å². The average Bonchev–Trinajstić information content (AvgIpc) is 2.52. The second-order valence-corrected chi connectivity index (χ2v) is 6.13. The number of fused-ring (bicyclic) bond motifs is 1. The van der Waals surface area contributed by atoms with E-state index in [1.165, 1.54) is 0 Å². The lowest BCUT2D eigenvalue weighted by Gasteiger charge is -2.14. The van der Waals surface area contributed by atoms with E-state index in [0.717, 1.165) is 16.5 Å². The fourth-order valence-corrected chi connectivity index (χ4v) is 2.83. The molecule has 0 spiro atoms. The third kappa shape index (κ3) is 3.50. The smallest absolute Gasteiger partial charge is 0.175 e. The van der Waals surface area contributed by atoms with Crippen LogP contribution in [0.3, 0.4) is 0 Å². The molecule has 0 radical (unpaired) electrons. The van der Waals surface area contributed by atoms with Crippen LogP contribution in [0.25, 0.3) is 10.8 Å². The Morgan fingerprint density at radius 2 is 1.57 bits per heavy atom. The molecule has 3 rings (SSSR count). The molecule has 0 fully saturated rings. The highest BCUT2D eigenvalue weighted by Gasteiger charge is 2.07. The molecule has 3 aromatic rings. The number of nitrogens with one attached hydrogen (secondary N) is 2. The van der Waals surface area contributed by atoms with E-state index in [2.05, 4.69) is 10.6 Å². The van der Waals surface area contributed by atoms with Crippen LogP contribution >= 0.6 is 35.4 Å². The maximum Gasteiger partial charge on any atom is 0.175 e. The van der Waals surface area contributed by atoms with Crippen molar-refractivity contribution in [3.05, 3.63) is 64.6 Å². The Morgan fingerprint density at radius 1 is 0.870 bits per heavy atom. The van der Waals surface area contributed by atoms with E-state index in [-0.39, 0.29) is 5.75 Å². The third-order valence-corrected chi connectivity index (χ3v) is 4.09. The molecule has 0 aromatic heterocycles. The van der Waals surface area contributed by atoms with E-state index in [1.54, 1.807) is 30.3 Å². The van der Waals surface area contributed by atoms with Gasteiger partial charge in [0.25, 0.3) is 0 Å². The number of aromatic hydroxyl groups is 1. The number of phenolic OH excluding ortho intramolecular Hbond substituents is 1. The summed E-state index contributed by atoms with van der Waals surface area (Å²) in [5.74, 6) is 0.225. The summed E-state index contributed by atoms with van der Waals surface area (Å²) in [5, 5.41) is 19.1. The van der Waals surface area contributed by atoms with Crippen LogP contribution in [0, 0.1) is 0 Å². The van der Waals surface area contributed by atoms with Crippen LogP contribution in [0.5, 0.6) is 5.75 Å². The van der Waals surface area contributed by atoms with Gasteiger partial charge in [-0.05, 0) is 42.5 Å². The van der Waals surface area contributed by atoms with Crippen LogP contribution in [-0.2, 0) is 0 Å². The molecule has 6 heteroatoms. The lowest BCUT2D eigenvalue weighted by molar-refractivity contribution is 0.481. The van der Waals surface area contributed by atoms with Gasteiger partial charge < -0.3 is 15.7 Å². The lowest BCUT2D eigenvalue weighted by atomic mass is 10.1. The highest BCUT2D eigenvalue weighted by molar-refractivity contribution is 7.80. The molecule has 3 aromatic carbocycles. The van der Waals surface area contributed by atoms with Gasteiger partial charge in [-0.2, -0.15) is 0 Å². The van der Waals surface area contributed by atoms with Crippen molar-refractivity contribution < 1.29 is 5.11 Å². The number of rotatable bonds is 2. The lowest BCUT2D eigenvalue weighted by Crippen LogP contribution is -2.19. The minimum atomic E-state index is 0.225. The molecule has 0 atom stereocenters. The summed E-state index contributed by atoms with van der Waals surface area (Å²) < 4.78 is 0. The fraction of sp³-hybridized carbons (Fsp3) is 0. The Bertz CT molecular complexity index is 899. The zero-order chi connectivity index (χ0) is 16.4. The molecule has 0 aliphatic rings. The molecule has 0 unspecified atom stereocenters. The first kappa shape index (κ1) is 15.9. The molecule has 0 amide bonds. The van der Waals surface area contributed by atoms with Gasteiger partial charge in [-0.1, -0.05) is 47.5 Å². The number of phenols is 1. The standard InChI is InChI=1S/C17H12Cl2N2OS/c18-10-7-8-13(19)15(9-10)21-17(23)20-14-5-1-4-12-11(14)3-2-6-16(12)22/h1-9,22H,(H2,20,21,23). The number of benzene rings is 3. The molecule has 3 N–H and O–H groups in total. The minimum Gasteiger partial charge on any atom is -0.507 e. The first-order valence-corrected chi connectivity index (χ1v) is 7.95. The zero-order valence-electron chi connectivity index (χ0n) is 11.8. The number of hydrogen-bond acceptors (Lipinski definition) is 2. The number of anilines is 2. The summed E-state index contributed by atoms with van der Waals surface area (Å²) in [7, 11) is 0. The zero-order valence-corrected chi connectivity index (χ0v) is 14.1. The van der Waals surface area contributed by atoms with Crippen molar-refractivity contribution in [3.8, 4) is 5.75 Å². The maximum absolute atomic E-state index is 9.92. The van der Waals surface area contributed by atoms with Crippen molar-refractivity contribution in [2.24, 2.45) is 0 Å². The molecule has 3 nitrogen and oxygen atoms in total. The molecule has 0 heterocycles. The topological polar surface area (TPSA) is 44.3 Å². The molecule has 23 heavy (non-hydrogen) atoms. The predicted molar refractivity (Wildman–Crippen MR) is 102 cm³/mol. The van der Waals surface area contributed by atoms with Gasteiger partial charge in [0, 0.05) is 21.5 Å². The van der Waals surface area contributed by atoms with Gasteiger partial charge >= 0.3 is 0 Å². The van der Waals surface area contributed by atoms with Gasteiger partial charge in [-0.15, -0.1) is 0 Å². The van der Waals surface area contributed by atoms with Crippen molar-refractivity contribution in [1.29, 1.82) is 0 Å². The Hall–Kier alpha value is -2.01. The summed E-state index contributed by atoms with van der Waals surface area (Å²) in [4.78, 5) is 0. The monoisotopic (exact) mass is 362 g/mol. The van der Waals surface area contributed by atoms with Crippen LogP contribution in [0.1, 0.15) is 0 Å². The summed E-state index contributed by atoms with van der Waals surface area (Å²) >= 11 is 17.4. The van der Waals surface area contributed by atoms with Gasteiger partial charge in [0.15, 0.2) is 5.11 Å². The maximum atomic E-state index is 9.92. The second-order valence-electron chi connectivity index (χ2n) is 4.88. The van der Waals surface area contributed by atoms with Crippen LogP contribution in [-0.4, -0.2) is 10.2 Å². The number of hydrogen-bond donors (Lipinski definition) is 3. The van der Waals surface area contributed by atoms with Gasteiger partial charge in [0.1, 0.15) is 5.75 Å². The van der Waals surface area contributed by atoms with E-state index in [1.807, 2.05) is 24.3 Å². The predicted octanol–water partition coefficient (Wildman–Crippen LogP) is 5.66. The van der Waals surface area contributed by atoms with Gasteiger partial charge in [-0.3, -0.25) is 0 Å². The first-order valence-electron chi connectivity index (χ1n) is 6.78. The number of halogens is 2. The Morgan fingerprint density at radius 3 is 2.39 bits per heavy atom. The fourth-order valence-electron chi connectivity index (χ4n) is 2.27. The molecule has 0 bridgehead atoms. The second kappa shape index (κ2) is 6.62. The van der Waals surface area contributed by atoms with E-state index in [4.69, 9.17) is 35.4 Å². The normalized spacial score (nSPS) is 10.5. The highest BCUT2D eigenvalue weighted by Crippen LogP contribution is 2.30. The van der Waals surface area contributed by atoms with Crippen LogP contribution in [0.2, 0.25) is 10.0 Å². The van der Waals surface area contributed by atoms with E-state index >= 15 is 0 Å². The Balaban J connectivity index is 1.86. The molecule has 0 aliphatic carbocycles. The average molecular weight is 363 g/mol. The van der Waals surface area contributed by atoms with E-state index in [9.17, 15) is 5.11 Å². The Labute approximate surface area is 148 Å². The Kier molecular flexibility index (Phi) is 4.57. The van der Waals surface area contributed by atoms with Gasteiger partial charge in [-0.25, -0.2) is 0 Å². The van der Waals surface area contributed by atoms with Crippen molar-refractivity contribution >= 4 is 62.7 Å². The molecule has 0 aliphatic heterocycles. The SMILES string of the molecule is Oc1cccc2c(NC(=S)Nc3cc(Cl)ccc3Cl)cccc12. The molecule has 0 saturated carbocycles. The molecule has 116 valence electrons. The van der Waals surface area contributed by atoms with Crippen molar-refractivity contribution in [2.45, 2.75) is 0 Å². The summed E-state index contributed by atoms with van der Waals surface area (Å²) in [6, 6.07) is 16.0. The largest absolute Gasteiger partial charge is 0.507 e. The van der Waals surface area contributed by atoms with Crippen LogP contribution in [0.4, 0.5) is 11.4 Å². The van der Waals surface area contributed by atoms with Crippen LogP contribution in [0.15, 0.2) is 54.6 Å². The van der Waals surface area contributed by atoms with E-state index < -0.39 is 0 Å². The summed E-state index contributed by atoms with van der Waals surface area (Å²) in [6.45, 7) is 0. The number of thiocarbonyl (C=S) groups is 1. The van der Waals surface area contributed by atoms with Crippen molar-refractivity contribution in [2.75, 3.05) is 10.6 Å². The van der Waals surface area contributed by atoms with Gasteiger partial charge in [0.2, 0.25) is 0 Å². The molecular formula is C17H12Cl2N2OS. The van der Waals surface area contributed by atoms with E-state index in [0.29, 0.717) is 20.8 Å². The highest BCUT2D eigenvalue weighted by atomic mass is 35.5. The van der Waals surface area contributed by atoms with Crippen molar-refractivity contribution in [3.63, 3.8) is 0 Å². The molecular weight excluding hydrogens is 351 g/mol. The van der Waals surface area contributed by atoms with Crippen LogP contribution < -0.4 is 10.6 Å². The third-order valence-electron chi connectivity index (χ3n) is 3.32. The van der Waals surface area contributed by atoms with Crippen molar-refractivity contribution in [1.82, 2.24) is 0 Å². The molecule has 0 saturated heterocycles.